The maximum atomic E-state index is 13.4. The van der Waals surface area contributed by atoms with E-state index < -0.39 is 0 Å². The van der Waals surface area contributed by atoms with Crippen LogP contribution in [-0.4, -0.2) is 21.7 Å². The summed E-state index contributed by atoms with van der Waals surface area (Å²) in [6.45, 7) is 0.180. The molecule has 0 bridgehead atoms. The first-order valence-electron chi connectivity index (χ1n) is 9.17. The molecule has 4 nitrogen and oxygen atoms in total. The van der Waals surface area contributed by atoms with Crippen LogP contribution in [0, 0.1) is 5.82 Å². The van der Waals surface area contributed by atoms with Gasteiger partial charge < -0.3 is 9.88 Å². The molecule has 2 heterocycles. The van der Waals surface area contributed by atoms with Crippen molar-refractivity contribution in [1.29, 1.82) is 0 Å². The predicted molar refractivity (Wildman–Crippen MR) is 118 cm³/mol. The number of thioether (sulfide) groups is 1. The molecule has 4 aromatic rings. The molecular formula is C22H20FN3OS2. The smallest absolute Gasteiger partial charge is 0.240 e. The van der Waals surface area contributed by atoms with E-state index in [9.17, 15) is 9.18 Å². The van der Waals surface area contributed by atoms with Crippen LogP contribution in [0.25, 0.3) is 11.0 Å². The van der Waals surface area contributed by atoms with Crippen LogP contribution in [0.15, 0.2) is 66.0 Å². The van der Waals surface area contributed by atoms with Crippen LogP contribution in [-0.2, 0) is 17.1 Å². The number of thiophene rings is 1. The highest BCUT2D eigenvalue weighted by Gasteiger charge is 2.20. The summed E-state index contributed by atoms with van der Waals surface area (Å²) in [7, 11) is 0. The quantitative estimate of drug-likeness (QED) is 0.453. The first-order valence-corrected chi connectivity index (χ1v) is 11.4. The fourth-order valence-corrected chi connectivity index (χ4v) is 4.60. The van der Waals surface area contributed by atoms with E-state index in [0.717, 1.165) is 33.1 Å². The standard InChI is InChI=1S/C22H20FN3OS2/c1-28-14-20-24-17-5-2-3-6-18(17)26(20)13-21(27)25-22(19-7-4-12-29-19)15-8-10-16(23)11-9-15/h2-12,22H,13-14H2,1H3,(H,25,27)/t22-/m0/s1. The zero-order chi connectivity index (χ0) is 20.2. The minimum Gasteiger partial charge on any atom is -0.343 e. The van der Waals surface area contributed by atoms with E-state index in [1.165, 1.54) is 12.1 Å². The number of fused-ring (bicyclic) bond motifs is 1. The van der Waals surface area contributed by atoms with Crippen molar-refractivity contribution in [2.45, 2.75) is 18.3 Å². The lowest BCUT2D eigenvalue weighted by Gasteiger charge is -2.19. The van der Waals surface area contributed by atoms with E-state index in [0.29, 0.717) is 0 Å². The molecule has 29 heavy (non-hydrogen) atoms. The Kier molecular flexibility index (Phi) is 5.97. The Morgan fingerprint density at radius 2 is 1.97 bits per heavy atom. The Balaban J connectivity index is 1.61. The largest absolute Gasteiger partial charge is 0.343 e. The third-order valence-electron chi connectivity index (χ3n) is 4.65. The Hall–Kier alpha value is -2.64. The second kappa shape index (κ2) is 8.80. The van der Waals surface area contributed by atoms with Crippen LogP contribution in [0.2, 0.25) is 0 Å². The van der Waals surface area contributed by atoms with Crippen LogP contribution < -0.4 is 5.32 Å². The summed E-state index contributed by atoms with van der Waals surface area (Å²) in [5, 5.41) is 5.09. The molecule has 0 saturated heterocycles. The first-order chi connectivity index (χ1) is 14.2. The normalized spacial score (nSPS) is 12.2. The summed E-state index contributed by atoms with van der Waals surface area (Å²) in [5.41, 5.74) is 2.68. The average Bonchev–Trinajstić information content (AvgIpc) is 3.36. The second-order valence-electron chi connectivity index (χ2n) is 6.60. The highest BCUT2D eigenvalue weighted by Crippen LogP contribution is 2.26. The van der Waals surface area contributed by atoms with Crippen LogP contribution in [0.1, 0.15) is 22.3 Å². The van der Waals surface area contributed by atoms with Crippen molar-refractivity contribution in [3.63, 3.8) is 0 Å². The molecule has 0 radical (unpaired) electrons. The molecule has 0 fully saturated rings. The molecule has 2 aromatic carbocycles. The molecule has 7 heteroatoms. The SMILES string of the molecule is CSCc1nc2ccccc2n1CC(=O)N[C@@H](c1ccc(F)cc1)c1cccs1. The molecule has 0 spiro atoms. The van der Waals surface area contributed by atoms with Crippen molar-refractivity contribution < 1.29 is 9.18 Å². The Morgan fingerprint density at radius 3 is 2.69 bits per heavy atom. The van der Waals surface area contributed by atoms with Crippen molar-refractivity contribution in [2.75, 3.05) is 6.26 Å². The van der Waals surface area contributed by atoms with Crippen LogP contribution in [0.4, 0.5) is 4.39 Å². The number of aromatic nitrogens is 2. The summed E-state index contributed by atoms with van der Waals surface area (Å²) in [6.07, 6.45) is 2.02. The van der Waals surface area contributed by atoms with Gasteiger partial charge >= 0.3 is 0 Å². The topological polar surface area (TPSA) is 46.9 Å². The number of amides is 1. The Morgan fingerprint density at radius 1 is 1.17 bits per heavy atom. The van der Waals surface area contributed by atoms with E-state index in [1.54, 1.807) is 35.2 Å². The highest BCUT2D eigenvalue weighted by atomic mass is 32.2. The van der Waals surface area contributed by atoms with Gasteiger partial charge in [0.2, 0.25) is 5.91 Å². The molecule has 1 amide bonds. The summed E-state index contributed by atoms with van der Waals surface area (Å²) in [4.78, 5) is 18.7. The first kappa shape index (κ1) is 19.7. The number of halogens is 1. The van der Waals surface area contributed by atoms with Gasteiger partial charge in [-0.15, -0.1) is 11.3 Å². The number of nitrogens with one attached hydrogen (secondary N) is 1. The lowest BCUT2D eigenvalue weighted by Crippen LogP contribution is -2.32. The van der Waals surface area contributed by atoms with Gasteiger partial charge in [-0.05, 0) is 47.5 Å². The van der Waals surface area contributed by atoms with Crippen molar-refractivity contribution in [2.24, 2.45) is 0 Å². The number of carbonyl (C=O) groups excluding carboxylic acids is 1. The molecular weight excluding hydrogens is 405 g/mol. The average molecular weight is 426 g/mol. The molecule has 4 rings (SSSR count). The monoisotopic (exact) mass is 425 g/mol. The van der Waals surface area contributed by atoms with Gasteiger partial charge in [0.15, 0.2) is 0 Å². The molecule has 148 valence electrons. The van der Waals surface area contributed by atoms with Crippen molar-refractivity contribution in [3.8, 4) is 0 Å². The number of para-hydroxylation sites is 2. The molecule has 0 aliphatic heterocycles. The fourth-order valence-electron chi connectivity index (χ4n) is 3.32. The number of rotatable bonds is 7. The molecule has 1 N–H and O–H groups in total. The van der Waals surface area contributed by atoms with Gasteiger partial charge in [0.1, 0.15) is 18.2 Å². The van der Waals surface area contributed by atoms with Crippen molar-refractivity contribution in [3.05, 3.63) is 88.1 Å². The maximum absolute atomic E-state index is 13.4. The number of imidazole rings is 1. The molecule has 2 aromatic heterocycles. The molecule has 0 aliphatic rings. The number of benzene rings is 2. The van der Waals surface area contributed by atoms with E-state index in [-0.39, 0.29) is 24.3 Å². The summed E-state index contributed by atoms with van der Waals surface area (Å²) >= 11 is 3.24. The van der Waals surface area contributed by atoms with Gasteiger partial charge in [0, 0.05) is 4.88 Å². The van der Waals surface area contributed by atoms with E-state index >= 15 is 0 Å². The van der Waals surface area contributed by atoms with E-state index in [4.69, 9.17) is 0 Å². The van der Waals surface area contributed by atoms with Crippen molar-refractivity contribution in [1.82, 2.24) is 14.9 Å². The zero-order valence-electron chi connectivity index (χ0n) is 15.8. The summed E-state index contributed by atoms with van der Waals surface area (Å²) < 4.78 is 15.3. The maximum Gasteiger partial charge on any atom is 0.240 e. The van der Waals surface area contributed by atoms with E-state index in [1.807, 2.05) is 52.6 Å². The minimum absolute atomic E-state index is 0.113. The summed E-state index contributed by atoms with van der Waals surface area (Å²) in [6, 6.07) is 17.7. The number of carbonyl (C=O) groups is 1. The Labute approximate surface area is 176 Å². The van der Waals surface area contributed by atoms with Crippen LogP contribution in [0.5, 0.6) is 0 Å². The predicted octanol–water partition coefficient (Wildman–Crippen LogP) is 5.01. The van der Waals surface area contributed by atoms with Crippen LogP contribution in [0.3, 0.4) is 0 Å². The molecule has 0 unspecified atom stereocenters. The van der Waals surface area contributed by atoms with Gasteiger partial charge in [0.25, 0.3) is 0 Å². The lowest BCUT2D eigenvalue weighted by molar-refractivity contribution is -0.122. The van der Waals surface area contributed by atoms with Gasteiger partial charge in [0.05, 0.1) is 22.8 Å². The molecule has 1 atom stereocenters. The van der Waals surface area contributed by atoms with Gasteiger partial charge in [-0.1, -0.05) is 30.3 Å². The second-order valence-corrected chi connectivity index (χ2v) is 8.45. The minimum atomic E-state index is -0.318. The third-order valence-corrected chi connectivity index (χ3v) is 6.13. The van der Waals surface area contributed by atoms with Gasteiger partial charge in [-0.2, -0.15) is 11.8 Å². The number of hydrogen-bond donors (Lipinski definition) is 1. The fraction of sp³-hybridized carbons (Fsp3) is 0.182. The third kappa shape index (κ3) is 4.36. The lowest BCUT2D eigenvalue weighted by atomic mass is 10.1. The summed E-state index contributed by atoms with van der Waals surface area (Å²) in [5.74, 6) is 1.20. The van der Waals surface area contributed by atoms with Gasteiger partial charge in [-0.25, -0.2) is 9.37 Å². The Bertz CT molecular complexity index is 1110. The van der Waals surface area contributed by atoms with E-state index in [2.05, 4.69) is 10.3 Å². The highest BCUT2D eigenvalue weighted by molar-refractivity contribution is 7.97. The van der Waals surface area contributed by atoms with Crippen molar-refractivity contribution >= 4 is 40.0 Å². The molecule has 0 aliphatic carbocycles. The molecule has 0 saturated carbocycles. The van der Waals surface area contributed by atoms with Crippen LogP contribution >= 0.6 is 23.1 Å². The number of hydrogen-bond acceptors (Lipinski definition) is 4. The van der Waals surface area contributed by atoms with Gasteiger partial charge in [-0.3, -0.25) is 4.79 Å². The zero-order valence-corrected chi connectivity index (χ0v) is 17.5. The number of nitrogens with zero attached hydrogens (tertiary/aromatic N) is 2.